The Bertz CT molecular complexity index is 619. The Labute approximate surface area is 141 Å². The molecule has 1 heterocycles. The largest absolute Gasteiger partial charge is 0.444 e. The van der Waals surface area contributed by atoms with Crippen LogP contribution in [0.2, 0.25) is 0 Å². The molecule has 1 aromatic rings. The first-order valence-corrected chi connectivity index (χ1v) is 7.89. The van der Waals surface area contributed by atoms with Gasteiger partial charge in [0.1, 0.15) is 11.3 Å². The average Bonchev–Trinajstić information content (AvgIpc) is 2.72. The van der Waals surface area contributed by atoms with Crippen LogP contribution in [0.25, 0.3) is 0 Å². The number of non-ortho nitro benzene ring substituents is 1. The molecule has 0 bridgehead atoms. The number of hydrogen-bond donors (Lipinski definition) is 0. The first-order valence-electron chi connectivity index (χ1n) is 7.89. The van der Waals surface area contributed by atoms with Crippen molar-refractivity contribution in [3.8, 4) is 0 Å². The summed E-state index contributed by atoms with van der Waals surface area (Å²) in [6.07, 6.45) is 0.123. The lowest BCUT2D eigenvalue weighted by Gasteiger charge is -2.35. The number of nitro benzene ring substituents is 1. The fourth-order valence-electron chi connectivity index (χ4n) is 2.74. The van der Waals surface area contributed by atoms with E-state index in [0.717, 1.165) is 5.56 Å². The van der Waals surface area contributed by atoms with Crippen LogP contribution >= 0.6 is 0 Å². The predicted molar refractivity (Wildman–Crippen MR) is 88.7 cm³/mol. The Morgan fingerprint density at radius 1 is 1.38 bits per heavy atom. The summed E-state index contributed by atoms with van der Waals surface area (Å²) < 4.78 is 11.2. The average molecular weight is 336 g/mol. The molecule has 1 aliphatic heterocycles. The minimum absolute atomic E-state index is 0.0470. The third-order valence-electron chi connectivity index (χ3n) is 3.78. The second-order valence-electron chi connectivity index (χ2n) is 7.39. The standard InChI is InChI=1S/C17H24N2O5/c1-16(2,3)24-15(20)18-14(11-23-17(18,4)5)10-12-6-8-13(9-7-12)19(21)22/h6-9,14H,10-11H2,1-5H3/t14-/m0/s1. The van der Waals surface area contributed by atoms with Crippen LogP contribution in [-0.2, 0) is 15.9 Å². The van der Waals surface area contributed by atoms with Crippen molar-refractivity contribution in [2.45, 2.75) is 58.4 Å². The molecular formula is C17H24N2O5. The van der Waals surface area contributed by atoms with Gasteiger partial charge in [-0.2, -0.15) is 0 Å². The summed E-state index contributed by atoms with van der Waals surface area (Å²) in [5.74, 6) is 0. The molecule has 0 radical (unpaired) electrons. The molecule has 7 nitrogen and oxygen atoms in total. The summed E-state index contributed by atoms with van der Waals surface area (Å²) in [5, 5.41) is 10.7. The molecule has 1 amide bonds. The summed E-state index contributed by atoms with van der Waals surface area (Å²) in [4.78, 5) is 24.5. The second kappa shape index (κ2) is 6.39. The number of carbonyl (C=O) groups excluding carboxylic acids is 1. The third-order valence-corrected chi connectivity index (χ3v) is 3.78. The smallest absolute Gasteiger partial charge is 0.412 e. The molecular weight excluding hydrogens is 312 g/mol. The third kappa shape index (κ3) is 4.23. The van der Waals surface area contributed by atoms with Crippen LogP contribution in [0.3, 0.4) is 0 Å². The van der Waals surface area contributed by atoms with Crippen molar-refractivity contribution in [2.24, 2.45) is 0 Å². The minimum Gasteiger partial charge on any atom is -0.444 e. The van der Waals surface area contributed by atoms with Gasteiger partial charge in [-0.3, -0.25) is 15.0 Å². The molecule has 7 heteroatoms. The van der Waals surface area contributed by atoms with E-state index in [2.05, 4.69) is 0 Å². The highest BCUT2D eigenvalue weighted by atomic mass is 16.6. The molecule has 132 valence electrons. The van der Waals surface area contributed by atoms with E-state index in [4.69, 9.17) is 9.47 Å². The number of nitrogens with zero attached hydrogens (tertiary/aromatic N) is 2. The first-order chi connectivity index (χ1) is 11.0. The monoisotopic (exact) mass is 336 g/mol. The lowest BCUT2D eigenvalue weighted by atomic mass is 10.0. The van der Waals surface area contributed by atoms with Gasteiger partial charge in [-0.15, -0.1) is 0 Å². The summed E-state index contributed by atoms with van der Waals surface area (Å²) >= 11 is 0. The van der Waals surface area contributed by atoms with Crippen molar-refractivity contribution < 1.29 is 19.2 Å². The van der Waals surface area contributed by atoms with E-state index in [9.17, 15) is 14.9 Å². The van der Waals surface area contributed by atoms with Gasteiger partial charge in [-0.05, 0) is 46.6 Å². The van der Waals surface area contributed by atoms with Crippen LogP contribution in [0.4, 0.5) is 10.5 Å². The molecule has 0 unspecified atom stereocenters. The summed E-state index contributed by atoms with van der Waals surface area (Å²) in [6, 6.07) is 6.16. The molecule has 2 rings (SSSR count). The SMILES string of the molecule is CC(C)(C)OC(=O)N1[C@@H](Cc2ccc([N+](=O)[O-])cc2)COC1(C)C. The van der Waals surface area contributed by atoms with Crippen LogP contribution < -0.4 is 0 Å². The zero-order valence-electron chi connectivity index (χ0n) is 14.7. The van der Waals surface area contributed by atoms with Crippen LogP contribution in [-0.4, -0.2) is 39.9 Å². The molecule has 1 fully saturated rings. The van der Waals surface area contributed by atoms with Gasteiger partial charge < -0.3 is 9.47 Å². The molecule has 0 saturated carbocycles. The number of rotatable bonds is 3. The Kier molecular flexibility index (Phi) is 4.85. The fourth-order valence-corrected chi connectivity index (χ4v) is 2.74. The van der Waals surface area contributed by atoms with Crippen molar-refractivity contribution in [1.82, 2.24) is 4.90 Å². The highest BCUT2D eigenvalue weighted by Crippen LogP contribution is 2.31. The zero-order valence-corrected chi connectivity index (χ0v) is 14.7. The minimum atomic E-state index is -0.756. The molecule has 0 aromatic heterocycles. The van der Waals surface area contributed by atoms with E-state index in [1.165, 1.54) is 12.1 Å². The van der Waals surface area contributed by atoms with Crippen LogP contribution in [0.15, 0.2) is 24.3 Å². The Morgan fingerprint density at radius 3 is 2.46 bits per heavy atom. The van der Waals surface area contributed by atoms with E-state index in [1.54, 1.807) is 17.0 Å². The van der Waals surface area contributed by atoms with Crippen molar-refractivity contribution in [1.29, 1.82) is 0 Å². The Hall–Kier alpha value is -2.15. The highest BCUT2D eigenvalue weighted by Gasteiger charge is 2.45. The van der Waals surface area contributed by atoms with Crippen molar-refractivity contribution in [2.75, 3.05) is 6.61 Å². The molecule has 24 heavy (non-hydrogen) atoms. The predicted octanol–water partition coefficient (Wildman–Crippen LogP) is 3.51. The maximum absolute atomic E-state index is 12.6. The van der Waals surface area contributed by atoms with E-state index < -0.39 is 22.3 Å². The maximum Gasteiger partial charge on any atom is 0.412 e. The normalized spacial score (nSPS) is 20.0. The topological polar surface area (TPSA) is 81.9 Å². The van der Waals surface area contributed by atoms with Crippen LogP contribution in [0, 0.1) is 10.1 Å². The lowest BCUT2D eigenvalue weighted by molar-refractivity contribution is -0.384. The number of ether oxygens (including phenoxy) is 2. The summed E-state index contributed by atoms with van der Waals surface area (Å²) in [6.45, 7) is 9.50. The number of nitro groups is 1. The molecule has 0 N–H and O–H groups in total. The van der Waals surface area contributed by atoms with Gasteiger partial charge in [0.25, 0.3) is 5.69 Å². The fraction of sp³-hybridized carbons (Fsp3) is 0.588. The number of benzene rings is 1. The molecule has 1 atom stereocenters. The Balaban J connectivity index is 2.15. The molecule has 1 saturated heterocycles. The van der Waals surface area contributed by atoms with E-state index in [0.29, 0.717) is 13.0 Å². The van der Waals surface area contributed by atoms with Gasteiger partial charge in [0, 0.05) is 12.1 Å². The molecule has 1 aliphatic rings. The van der Waals surface area contributed by atoms with Gasteiger partial charge in [0.05, 0.1) is 17.6 Å². The van der Waals surface area contributed by atoms with E-state index in [-0.39, 0.29) is 11.7 Å². The van der Waals surface area contributed by atoms with E-state index in [1.807, 2.05) is 34.6 Å². The summed E-state index contributed by atoms with van der Waals surface area (Å²) in [7, 11) is 0. The lowest BCUT2D eigenvalue weighted by Crippen LogP contribution is -2.50. The van der Waals surface area contributed by atoms with Crippen LogP contribution in [0.5, 0.6) is 0 Å². The second-order valence-corrected chi connectivity index (χ2v) is 7.39. The van der Waals surface area contributed by atoms with Gasteiger partial charge in [0.15, 0.2) is 0 Å². The quantitative estimate of drug-likeness (QED) is 0.623. The number of amides is 1. The van der Waals surface area contributed by atoms with E-state index >= 15 is 0 Å². The first kappa shape index (κ1) is 18.2. The molecule has 1 aromatic carbocycles. The van der Waals surface area contributed by atoms with Crippen LogP contribution in [0.1, 0.15) is 40.2 Å². The van der Waals surface area contributed by atoms with Crippen molar-refractivity contribution in [3.05, 3.63) is 39.9 Å². The number of hydrogen-bond acceptors (Lipinski definition) is 5. The van der Waals surface area contributed by atoms with Gasteiger partial charge in [0.2, 0.25) is 0 Å². The van der Waals surface area contributed by atoms with Crippen molar-refractivity contribution in [3.63, 3.8) is 0 Å². The summed E-state index contributed by atoms with van der Waals surface area (Å²) in [5.41, 5.74) is -0.396. The van der Waals surface area contributed by atoms with Gasteiger partial charge in [-0.25, -0.2) is 4.79 Å². The van der Waals surface area contributed by atoms with Gasteiger partial charge >= 0.3 is 6.09 Å². The highest BCUT2D eigenvalue weighted by molar-refractivity contribution is 5.69. The molecule has 0 spiro atoms. The molecule has 0 aliphatic carbocycles. The Morgan fingerprint density at radius 2 is 1.96 bits per heavy atom. The van der Waals surface area contributed by atoms with Crippen molar-refractivity contribution >= 4 is 11.8 Å². The number of carbonyl (C=O) groups is 1. The maximum atomic E-state index is 12.6. The van der Waals surface area contributed by atoms with Gasteiger partial charge in [-0.1, -0.05) is 12.1 Å². The zero-order chi connectivity index (χ0) is 18.1.